The van der Waals surface area contributed by atoms with Crippen molar-refractivity contribution in [3.05, 3.63) is 17.8 Å². The van der Waals surface area contributed by atoms with E-state index in [0.29, 0.717) is 12.1 Å². The highest BCUT2D eigenvalue weighted by atomic mass is 19.1. The third-order valence-electron chi connectivity index (χ3n) is 2.46. The van der Waals surface area contributed by atoms with Crippen LogP contribution in [0.5, 0.6) is 5.88 Å². The molecule has 0 amide bonds. The molecule has 0 aliphatic carbocycles. The molecule has 0 spiro atoms. The summed E-state index contributed by atoms with van der Waals surface area (Å²) < 4.78 is 19.1. The maximum atomic E-state index is 13.7. The summed E-state index contributed by atoms with van der Waals surface area (Å²) in [6, 6.07) is 0. The molecule has 15 heavy (non-hydrogen) atoms. The standard InChI is InChI=1S/C10H14FN3O/c1-2-8-9(11)10(14-6-13-8)15-7-3-4-12-5-7/h6-7,12H,2-5H2,1H3. The van der Waals surface area contributed by atoms with Gasteiger partial charge in [-0.15, -0.1) is 0 Å². The summed E-state index contributed by atoms with van der Waals surface area (Å²) in [6.07, 6.45) is 2.82. The average Bonchev–Trinajstić information content (AvgIpc) is 2.74. The van der Waals surface area contributed by atoms with Crippen LogP contribution in [0.15, 0.2) is 6.33 Å². The van der Waals surface area contributed by atoms with Crippen molar-refractivity contribution in [2.45, 2.75) is 25.9 Å². The van der Waals surface area contributed by atoms with Crippen molar-refractivity contribution in [2.24, 2.45) is 0 Å². The van der Waals surface area contributed by atoms with Gasteiger partial charge in [0.2, 0.25) is 5.82 Å². The highest BCUT2D eigenvalue weighted by Gasteiger charge is 2.19. The van der Waals surface area contributed by atoms with Gasteiger partial charge in [0, 0.05) is 6.54 Å². The summed E-state index contributed by atoms with van der Waals surface area (Å²) in [5.41, 5.74) is 0.408. The zero-order chi connectivity index (χ0) is 10.7. The number of aromatic nitrogens is 2. The quantitative estimate of drug-likeness (QED) is 0.807. The van der Waals surface area contributed by atoms with Crippen LogP contribution in [0.4, 0.5) is 4.39 Å². The fraction of sp³-hybridized carbons (Fsp3) is 0.600. The van der Waals surface area contributed by atoms with Gasteiger partial charge >= 0.3 is 0 Å². The molecule has 1 aromatic rings. The number of hydrogen-bond donors (Lipinski definition) is 1. The molecule has 1 aliphatic rings. The third kappa shape index (κ3) is 2.23. The molecule has 5 heteroatoms. The molecule has 0 radical (unpaired) electrons. The molecule has 1 aromatic heterocycles. The highest BCUT2D eigenvalue weighted by molar-refractivity contribution is 5.17. The lowest BCUT2D eigenvalue weighted by Gasteiger charge is -2.12. The van der Waals surface area contributed by atoms with Crippen LogP contribution in [0.2, 0.25) is 0 Å². The van der Waals surface area contributed by atoms with Gasteiger partial charge in [0.1, 0.15) is 12.4 Å². The SMILES string of the molecule is CCc1ncnc(OC2CCNC2)c1F. The second-order valence-electron chi connectivity index (χ2n) is 3.53. The summed E-state index contributed by atoms with van der Waals surface area (Å²) in [7, 11) is 0. The van der Waals surface area contributed by atoms with E-state index in [2.05, 4.69) is 15.3 Å². The van der Waals surface area contributed by atoms with E-state index in [4.69, 9.17) is 4.74 Å². The van der Waals surface area contributed by atoms with Crippen LogP contribution in [0.1, 0.15) is 19.0 Å². The third-order valence-corrected chi connectivity index (χ3v) is 2.46. The van der Waals surface area contributed by atoms with E-state index in [1.165, 1.54) is 6.33 Å². The number of rotatable bonds is 3. The van der Waals surface area contributed by atoms with E-state index < -0.39 is 5.82 Å². The Hall–Kier alpha value is -1.23. The smallest absolute Gasteiger partial charge is 0.254 e. The predicted octanol–water partition coefficient (Wildman–Crippen LogP) is 0.919. The van der Waals surface area contributed by atoms with Gasteiger partial charge in [-0.3, -0.25) is 0 Å². The largest absolute Gasteiger partial charge is 0.471 e. The van der Waals surface area contributed by atoms with Gasteiger partial charge in [0.25, 0.3) is 5.88 Å². The van der Waals surface area contributed by atoms with Crippen LogP contribution in [-0.2, 0) is 6.42 Å². The fourth-order valence-electron chi connectivity index (χ4n) is 1.60. The van der Waals surface area contributed by atoms with Crippen molar-refractivity contribution >= 4 is 0 Å². The first-order valence-corrected chi connectivity index (χ1v) is 5.18. The van der Waals surface area contributed by atoms with Crippen LogP contribution in [0, 0.1) is 5.82 Å². The van der Waals surface area contributed by atoms with Gasteiger partial charge in [-0.2, -0.15) is 9.37 Å². The summed E-state index contributed by atoms with van der Waals surface area (Å²) in [6.45, 7) is 3.52. The monoisotopic (exact) mass is 211 g/mol. The molecule has 0 bridgehead atoms. The molecule has 1 N–H and O–H groups in total. The van der Waals surface area contributed by atoms with Crippen LogP contribution >= 0.6 is 0 Å². The lowest BCUT2D eigenvalue weighted by Crippen LogP contribution is -2.21. The van der Waals surface area contributed by atoms with Gasteiger partial charge in [0.15, 0.2) is 0 Å². The summed E-state index contributed by atoms with van der Waals surface area (Å²) in [5, 5.41) is 3.15. The lowest BCUT2D eigenvalue weighted by atomic mass is 10.3. The molecule has 0 aromatic carbocycles. The Morgan fingerprint density at radius 2 is 2.47 bits per heavy atom. The second kappa shape index (κ2) is 4.53. The number of nitrogens with one attached hydrogen (secondary N) is 1. The normalized spacial score (nSPS) is 20.5. The average molecular weight is 211 g/mol. The second-order valence-corrected chi connectivity index (χ2v) is 3.53. The molecule has 4 nitrogen and oxygen atoms in total. The van der Waals surface area contributed by atoms with Crippen molar-refractivity contribution < 1.29 is 9.13 Å². The Kier molecular flexibility index (Phi) is 3.11. The van der Waals surface area contributed by atoms with E-state index in [1.54, 1.807) is 0 Å². The minimum absolute atomic E-state index is 0.0270. The molecule has 1 saturated heterocycles. The van der Waals surface area contributed by atoms with Crippen molar-refractivity contribution in [3.63, 3.8) is 0 Å². The first-order chi connectivity index (χ1) is 7.31. The number of hydrogen-bond acceptors (Lipinski definition) is 4. The van der Waals surface area contributed by atoms with Gasteiger partial charge in [0.05, 0.1) is 5.69 Å². The molecule has 2 heterocycles. The van der Waals surface area contributed by atoms with E-state index >= 15 is 0 Å². The van der Waals surface area contributed by atoms with Crippen molar-refractivity contribution in [1.29, 1.82) is 0 Å². The first kappa shape index (κ1) is 10.3. The number of ether oxygens (including phenoxy) is 1. The molecule has 0 saturated carbocycles. The molecule has 1 atom stereocenters. The predicted molar refractivity (Wildman–Crippen MR) is 53.3 cm³/mol. The maximum Gasteiger partial charge on any atom is 0.254 e. The Morgan fingerprint density at radius 1 is 1.60 bits per heavy atom. The molecule has 1 fully saturated rings. The van der Waals surface area contributed by atoms with Crippen molar-refractivity contribution in [1.82, 2.24) is 15.3 Å². The number of halogens is 1. The number of aryl methyl sites for hydroxylation is 1. The minimum atomic E-state index is -0.424. The summed E-state index contributed by atoms with van der Waals surface area (Å²) in [5.74, 6) is -0.345. The molecule has 2 rings (SSSR count). The van der Waals surface area contributed by atoms with Crippen LogP contribution in [0.25, 0.3) is 0 Å². The molecular formula is C10H14FN3O. The Morgan fingerprint density at radius 3 is 3.13 bits per heavy atom. The van der Waals surface area contributed by atoms with Gasteiger partial charge in [-0.05, 0) is 19.4 Å². The topological polar surface area (TPSA) is 47.0 Å². The van der Waals surface area contributed by atoms with E-state index in [1.807, 2.05) is 6.92 Å². The highest BCUT2D eigenvalue weighted by Crippen LogP contribution is 2.18. The van der Waals surface area contributed by atoms with Crippen LogP contribution < -0.4 is 10.1 Å². The zero-order valence-corrected chi connectivity index (χ0v) is 8.66. The number of nitrogens with zero attached hydrogens (tertiary/aromatic N) is 2. The summed E-state index contributed by atoms with van der Waals surface area (Å²) >= 11 is 0. The Labute approximate surface area is 87.9 Å². The van der Waals surface area contributed by atoms with Gasteiger partial charge < -0.3 is 10.1 Å². The van der Waals surface area contributed by atoms with E-state index in [0.717, 1.165) is 19.5 Å². The fourth-order valence-corrected chi connectivity index (χ4v) is 1.60. The minimum Gasteiger partial charge on any atom is -0.471 e. The molecule has 82 valence electrons. The molecule has 1 unspecified atom stereocenters. The maximum absolute atomic E-state index is 13.7. The van der Waals surface area contributed by atoms with Crippen LogP contribution in [0.3, 0.4) is 0 Å². The Bertz CT molecular complexity index is 339. The van der Waals surface area contributed by atoms with E-state index in [9.17, 15) is 4.39 Å². The molecule has 1 aliphatic heterocycles. The van der Waals surface area contributed by atoms with Gasteiger partial charge in [-0.25, -0.2) is 4.98 Å². The molecular weight excluding hydrogens is 197 g/mol. The van der Waals surface area contributed by atoms with Crippen molar-refractivity contribution in [3.8, 4) is 5.88 Å². The Balaban J connectivity index is 2.13. The first-order valence-electron chi connectivity index (χ1n) is 5.18. The lowest BCUT2D eigenvalue weighted by molar-refractivity contribution is 0.202. The van der Waals surface area contributed by atoms with Crippen LogP contribution in [-0.4, -0.2) is 29.2 Å². The van der Waals surface area contributed by atoms with Gasteiger partial charge in [-0.1, -0.05) is 6.92 Å². The summed E-state index contributed by atoms with van der Waals surface area (Å²) in [4.78, 5) is 7.66. The zero-order valence-electron chi connectivity index (χ0n) is 8.66. The van der Waals surface area contributed by atoms with Crippen molar-refractivity contribution in [2.75, 3.05) is 13.1 Å². The van der Waals surface area contributed by atoms with E-state index in [-0.39, 0.29) is 12.0 Å².